The van der Waals surface area contributed by atoms with Crippen LogP contribution in [0.2, 0.25) is 0 Å². The third kappa shape index (κ3) is 4.44. The van der Waals surface area contributed by atoms with Crippen molar-refractivity contribution in [3.8, 4) is 0 Å². The molecule has 3 N–H and O–H groups in total. The van der Waals surface area contributed by atoms with E-state index in [1.54, 1.807) is 0 Å². The summed E-state index contributed by atoms with van der Waals surface area (Å²) in [7, 11) is 0. The van der Waals surface area contributed by atoms with Gasteiger partial charge in [0.05, 0.1) is 31.1 Å². The van der Waals surface area contributed by atoms with Crippen LogP contribution in [0.25, 0.3) is 0 Å². The van der Waals surface area contributed by atoms with Gasteiger partial charge in [0.15, 0.2) is 11.1 Å². The van der Waals surface area contributed by atoms with Crippen molar-refractivity contribution in [1.82, 2.24) is 4.90 Å². The maximum atomic E-state index is 10.7. The fraction of sp³-hybridized carbons (Fsp3) is 0.875. The highest BCUT2D eigenvalue weighted by Gasteiger charge is 2.26. The van der Waals surface area contributed by atoms with Crippen molar-refractivity contribution in [1.29, 1.82) is 0 Å². The van der Waals surface area contributed by atoms with Gasteiger partial charge in [0.1, 0.15) is 0 Å². The number of aliphatic hydroxyl groups is 1. The number of morpholine rings is 1. The highest BCUT2D eigenvalue weighted by molar-refractivity contribution is 7.79. The van der Waals surface area contributed by atoms with E-state index >= 15 is 0 Å². The van der Waals surface area contributed by atoms with Gasteiger partial charge in [-0.2, -0.15) is 0 Å². The van der Waals surface area contributed by atoms with Gasteiger partial charge in [0, 0.05) is 13.0 Å². The summed E-state index contributed by atoms with van der Waals surface area (Å²) < 4.78 is 24.3. The predicted octanol–water partition coefficient (Wildman–Crippen LogP) is -0.662. The van der Waals surface area contributed by atoms with Crippen LogP contribution in [0.1, 0.15) is 6.42 Å². The standard InChI is InChI=1S/C8H15NO6S/c10-6(5-16(13)14)3-7-4-9(8(11)12)1-2-15-7/h6-7,10H,1-5H2,(H,11,12)(H,13,14)/t6?,7-/m0/s1. The minimum atomic E-state index is -2.05. The molecule has 0 radical (unpaired) electrons. The molecular weight excluding hydrogens is 238 g/mol. The zero-order chi connectivity index (χ0) is 12.1. The lowest BCUT2D eigenvalue weighted by Crippen LogP contribution is -2.46. The fourth-order valence-corrected chi connectivity index (χ4v) is 2.04. The van der Waals surface area contributed by atoms with Crippen LogP contribution in [-0.2, 0) is 15.8 Å². The van der Waals surface area contributed by atoms with E-state index in [0.29, 0.717) is 6.54 Å². The number of hydrogen-bond acceptors (Lipinski definition) is 4. The molecule has 0 aromatic heterocycles. The van der Waals surface area contributed by atoms with Crippen molar-refractivity contribution in [2.75, 3.05) is 25.4 Å². The third-order valence-corrected chi connectivity index (χ3v) is 2.95. The van der Waals surface area contributed by atoms with E-state index < -0.39 is 29.4 Å². The van der Waals surface area contributed by atoms with Gasteiger partial charge in [0.25, 0.3) is 0 Å². The monoisotopic (exact) mass is 253 g/mol. The quantitative estimate of drug-likeness (QED) is 0.574. The van der Waals surface area contributed by atoms with E-state index in [1.165, 1.54) is 4.90 Å². The molecule has 0 aromatic carbocycles. The van der Waals surface area contributed by atoms with Crippen molar-refractivity contribution < 1.29 is 28.5 Å². The van der Waals surface area contributed by atoms with Gasteiger partial charge in [-0.05, 0) is 0 Å². The van der Waals surface area contributed by atoms with Gasteiger partial charge in [-0.15, -0.1) is 0 Å². The minimum Gasteiger partial charge on any atom is -0.465 e. The van der Waals surface area contributed by atoms with Gasteiger partial charge in [-0.3, -0.25) is 0 Å². The van der Waals surface area contributed by atoms with Crippen molar-refractivity contribution in [3.05, 3.63) is 0 Å². The molecule has 94 valence electrons. The van der Waals surface area contributed by atoms with Gasteiger partial charge in [-0.25, -0.2) is 9.00 Å². The first-order chi connectivity index (χ1) is 7.49. The Bertz CT molecular complexity index is 273. The molecule has 1 heterocycles. The molecule has 8 heteroatoms. The smallest absolute Gasteiger partial charge is 0.407 e. The summed E-state index contributed by atoms with van der Waals surface area (Å²) in [5.41, 5.74) is 0. The summed E-state index contributed by atoms with van der Waals surface area (Å²) in [6, 6.07) is 0. The van der Waals surface area contributed by atoms with E-state index in [9.17, 15) is 14.1 Å². The summed E-state index contributed by atoms with van der Waals surface area (Å²) in [5, 5.41) is 18.2. The first kappa shape index (κ1) is 13.4. The van der Waals surface area contributed by atoms with Crippen molar-refractivity contribution in [3.63, 3.8) is 0 Å². The second-order valence-electron chi connectivity index (χ2n) is 3.60. The molecule has 3 atom stereocenters. The number of carbonyl (C=O) groups is 1. The van der Waals surface area contributed by atoms with Crippen LogP contribution in [0.4, 0.5) is 4.79 Å². The van der Waals surface area contributed by atoms with Crippen LogP contribution >= 0.6 is 0 Å². The van der Waals surface area contributed by atoms with Crippen LogP contribution in [-0.4, -0.2) is 67.6 Å². The first-order valence-corrected chi connectivity index (χ1v) is 6.11. The molecule has 16 heavy (non-hydrogen) atoms. The summed E-state index contributed by atoms with van der Waals surface area (Å²) in [5.74, 6) is -0.243. The van der Waals surface area contributed by atoms with Gasteiger partial charge >= 0.3 is 6.09 Å². The lowest BCUT2D eigenvalue weighted by molar-refractivity contribution is -0.0407. The molecule has 0 saturated carbocycles. The third-order valence-electron chi connectivity index (χ3n) is 2.28. The van der Waals surface area contributed by atoms with E-state index in [-0.39, 0.29) is 25.3 Å². The minimum absolute atomic E-state index is 0.163. The molecular formula is C8H15NO6S. The van der Waals surface area contributed by atoms with Crippen molar-refractivity contribution in [2.24, 2.45) is 0 Å². The van der Waals surface area contributed by atoms with Crippen LogP contribution < -0.4 is 0 Å². The van der Waals surface area contributed by atoms with Gasteiger partial charge in [0.2, 0.25) is 0 Å². The average Bonchev–Trinajstić information content (AvgIpc) is 2.16. The molecule has 0 aromatic rings. The maximum Gasteiger partial charge on any atom is 0.407 e. The molecule has 0 spiro atoms. The molecule has 1 saturated heterocycles. The molecule has 1 amide bonds. The van der Waals surface area contributed by atoms with Crippen molar-refractivity contribution >= 4 is 17.2 Å². The zero-order valence-corrected chi connectivity index (χ0v) is 9.43. The Balaban J connectivity index is 2.36. The highest BCUT2D eigenvalue weighted by atomic mass is 32.2. The lowest BCUT2D eigenvalue weighted by atomic mass is 10.1. The summed E-state index contributed by atoms with van der Waals surface area (Å²) in [6.45, 7) is 0.782. The van der Waals surface area contributed by atoms with E-state index in [0.717, 1.165) is 0 Å². The topological polar surface area (TPSA) is 107 Å². The fourth-order valence-electron chi connectivity index (χ4n) is 1.57. The summed E-state index contributed by atoms with van der Waals surface area (Å²) in [4.78, 5) is 11.9. The molecule has 0 bridgehead atoms. The molecule has 1 fully saturated rings. The maximum absolute atomic E-state index is 10.7. The summed E-state index contributed by atoms with van der Waals surface area (Å²) >= 11 is -2.05. The number of nitrogens with zero attached hydrogens (tertiary/aromatic N) is 1. The number of hydrogen-bond donors (Lipinski definition) is 3. The highest BCUT2D eigenvalue weighted by Crippen LogP contribution is 2.11. The van der Waals surface area contributed by atoms with Crippen LogP contribution in [0, 0.1) is 0 Å². The van der Waals surface area contributed by atoms with Gasteiger partial charge in [-0.1, -0.05) is 0 Å². The van der Waals surface area contributed by atoms with Crippen LogP contribution in [0.3, 0.4) is 0 Å². The number of ether oxygens (including phenoxy) is 1. The second-order valence-corrected chi connectivity index (χ2v) is 4.58. The summed E-state index contributed by atoms with van der Waals surface area (Å²) in [6.07, 6.45) is -2.22. The molecule has 1 aliphatic heterocycles. The number of aliphatic hydroxyl groups excluding tert-OH is 1. The van der Waals surface area contributed by atoms with Crippen LogP contribution in [0.5, 0.6) is 0 Å². The molecule has 7 nitrogen and oxygen atoms in total. The molecule has 2 unspecified atom stereocenters. The predicted molar refractivity (Wildman–Crippen MR) is 55.6 cm³/mol. The SMILES string of the molecule is O=C(O)N1CCO[C@@H](CC(O)CS(=O)O)C1. The zero-order valence-electron chi connectivity index (χ0n) is 8.61. The normalized spacial score (nSPS) is 25.1. The average molecular weight is 253 g/mol. The Labute approximate surface area is 95.3 Å². The number of rotatable bonds is 4. The number of carboxylic acid groups (broad SMARTS) is 1. The van der Waals surface area contributed by atoms with Crippen molar-refractivity contribution in [2.45, 2.75) is 18.6 Å². The first-order valence-electron chi connectivity index (χ1n) is 4.84. The van der Waals surface area contributed by atoms with E-state index in [4.69, 9.17) is 14.4 Å². The molecule has 1 aliphatic rings. The Hall–Kier alpha value is -0.700. The van der Waals surface area contributed by atoms with E-state index in [2.05, 4.69) is 0 Å². The second kappa shape index (κ2) is 6.14. The largest absolute Gasteiger partial charge is 0.465 e. The Kier molecular flexibility index (Phi) is 5.13. The van der Waals surface area contributed by atoms with Crippen LogP contribution in [0.15, 0.2) is 0 Å². The number of amides is 1. The van der Waals surface area contributed by atoms with Gasteiger partial charge < -0.3 is 24.4 Å². The van der Waals surface area contributed by atoms with E-state index in [1.807, 2.05) is 0 Å². The Morgan fingerprint density at radius 3 is 2.88 bits per heavy atom. The molecule has 1 rings (SSSR count). The molecule has 0 aliphatic carbocycles. The Morgan fingerprint density at radius 2 is 2.31 bits per heavy atom. The Morgan fingerprint density at radius 1 is 1.62 bits per heavy atom. The lowest BCUT2D eigenvalue weighted by Gasteiger charge is -2.31.